The fourth-order valence-electron chi connectivity index (χ4n) is 1.54. The second-order valence-electron chi connectivity index (χ2n) is 3.82. The molecule has 0 atom stereocenters. The molecule has 0 aliphatic heterocycles. The largest absolute Gasteiger partial charge is 0.481 e. The van der Waals surface area contributed by atoms with Crippen LogP contribution in [0.5, 0.6) is 0 Å². The average molecular weight is 284 g/mol. The zero-order valence-corrected chi connectivity index (χ0v) is 10.9. The third kappa shape index (κ3) is 3.10. The van der Waals surface area contributed by atoms with E-state index in [1.54, 1.807) is 23.6 Å². The van der Waals surface area contributed by atoms with E-state index in [9.17, 15) is 4.79 Å². The monoisotopic (exact) mass is 284 g/mol. The van der Waals surface area contributed by atoms with Crippen molar-refractivity contribution in [2.45, 2.75) is 6.42 Å². The highest BCUT2D eigenvalue weighted by Gasteiger charge is 2.08. The summed E-state index contributed by atoms with van der Waals surface area (Å²) in [5, 5.41) is 31.6. The first-order valence-corrected chi connectivity index (χ1v) is 6.38. The van der Waals surface area contributed by atoms with Gasteiger partial charge in [-0.15, -0.1) is 11.3 Å². The normalized spacial score (nSPS) is 9.50. The molecule has 1 aromatic carbocycles. The first-order chi connectivity index (χ1) is 9.62. The zero-order valence-electron chi connectivity index (χ0n) is 10.1. The van der Waals surface area contributed by atoms with Gasteiger partial charge >= 0.3 is 5.97 Å². The van der Waals surface area contributed by atoms with E-state index in [1.165, 1.54) is 11.3 Å². The minimum absolute atomic E-state index is 0.130. The molecule has 0 radical (unpaired) electrons. The lowest BCUT2D eigenvalue weighted by Gasteiger charge is -2.03. The molecule has 2 rings (SSSR count). The van der Waals surface area contributed by atoms with Crippen LogP contribution in [-0.4, -0.2) is 16.1 Å². The molecule has 0 aliphatic carbocycles. The molecule has 1 heterocycles. The SMILES string of the molecule is N#Cc1ccc(Nc2nc(CC(=O)O)cs2)cc1C#N. The van der Waals surface area contributed by atoms with E-state index in [0.29, 0.717) is 22.1 Å². The number of anilines is 2. The number of carboxylic acid groups (broad SMARTS) is 1. The Kier molecular flexibility index (Phi) is 3.94. The molecule has 0 fully saturated rings. The molecule has 0 aliphatic rings. The molecule has 7 heteroatoms. The Morgan fingerprint density at radius 2 is 2.10 bits per heavy atom. The van der Waals surface area contributed by atoms with Gasteiger partial charge in [0.1, 0.15) is 12.1 Å². The van der Waals surface area contributed by atoms with Gasteiger partial charge in [-0.25, -0.2) is 4.98 Å². The number of aliphatic carboxylic acids is 1. The van der Waals surface area contributed by atoms with E-state index in [2.05, 4.69) is 10.3 Å². The zero-order chi connectivity index (χ0) is 14.5. The topological polar surface area (TPSA) is 110 Å². The Labute approximate surface area is 118 Å². The average Bonchev–Trinajstić information content (AvgIpc) is 2.85. The lowest BCUT2D eigenvalue weighted by molar-refractivity contribution is -0.136. The van der Waals surface area contributed by atoms with E-state index < -0.39 is 5.97 Å². The molecule has 0 bridgehead atoms. The van der Waals surface area contributed by atoms with Crippen LogP contribution in [0.1, 0.15) is 16.8 Å². The van der Waals surface area contributed by atoms with Crippen molar-refractivity contribution in [2.24, 2.45) is 0 Å². The van der Waals surface area contributed by atoms with Gasteiger partial charge in [-0.1, -0.05) is 0 Å². The third-order valence-electron chi connectivity index (χ3n) is 2.40. The van der Waals surface area contributed by atoms with Gasteiger partial charge in [0.15, 0.2) is 5.13 Å². The standard InChI is InChI=1S/C13H8N4O2S/c14-5-8-1-2-10(3-9(8)6-15)16-13-17-11(7-20-13)4-12(18)19/h1-3,7H,4H2,(H,16,17)(H,18,19). The minimum Gasteiger partial charge on any atom is -0.481 e. The van der Waals surface area contributed by atoms with Crippen molar-refractivity contribution < 1.29 is 9.90 Å². The molecule has 6 nitrogen and oxygen atoms in total. The summed E-state index contributed by atoms with van der Waals surface area (Å²) in [7, 11) is 0. The number of nitrogens with one attached hydrogen (secondary N) is 1. The highest BCUT2D eigenvalue weighted by atomic mass is 32.1. The van der Waals surface area contributed by atoms with Crippen LogP contribution in [0.25, 0.3) is 0 Å². The molecule has 0 spiro atoms. The number of rotatable bonds is 4. The van der Waals surface area contributed by atoms with Crippen LogP contribution >= 0.6 is 11.3 Å². The van der Waals surface area contributed by atoms with Crippen LogP contribution in [0.4, 0.5) is 10.8 Å². The van der Waals surface area contributed by atoms with Gasteiger partial charge in [-0.05, 0) is 18.2 Å². The van der Waals surface area contributed by atoms with Crippen molar-refractivity contribution in [2.75, 3.05) is 5.32 Å². The molecule has 98 valence electrons. The van der Waals surface area contributed by atoms with Gasteiger partial charge in [-0.3, -0.25) is 4.79 Å². The van der Waals surface area contributed by atoms with E-state index in [-0.39, 0.29) is 12.0 Å². The lowest BCUT2D eigenvalue weighted by atomic mass is 10.1. The molecular formula is C13H8N4O2S. The van der Waals surface area contributed by atoms with E-state index in [4.69, 9.17) is 15.6 Å². The van der Waals surface area contributed by atoms with Crippen molar-refractivity contribution in [3.05, 3.63) is 40.4 Å². The van der Waals surface area contributed by atoms with Gasteiger partial charge in [-0.2, -0.15) is 10.5 Å². The quantitative estimate of drug-likeness (QED) is 0.891. The van der Waals surface area contributed by atoms with Crippen LogP contribution in [0.15, 0.2) is 23.6 Å². The van der Waals surface area contributed by atoms with Gasteiger partial charge in [0.2, 0.25) is 0 Å². The number of hydrogen-bond acceptors (Lipinski definition) is 6. The van der Waals surface area contributed by atoms with Crippen LogP contribution in [0.3, 0.4) is 0 Å². The number of benzene rings is 1. The molecule has 20 heavy (non-hydrogen) atoms. The maximum absolute atomic E-state index is 10.6. The molecule has 2 N–H and O–H groups in total. The van der Waals surface area contributed by atoms with Gasteiger partial charge in [0.05, 0.1) is 23.2 Å². The second kappa shape index (κ2) is 5.83. The molecule has 1 aromatic heterocycles. The first kappa shape index (κ1) is 13.5. The van der Waals surface area contributed by atoms with Gasteiger partial charge in [0.25, 0.3) is 0 Å². The summed E-state index contributed by atoms with van der Waals surface area (Å²) < 4.78 is 0. The predicted octanol–water partition coefficient (Wildman–Crippen LogP) is 2.26. The van der Waals surface area contributed by atoms with Crippen molar-refractivity contribution >= 4 is 28.1 Å². The number of carboxylic acids is 1. The number of thiazole rings is 1. The Balaban J connectivity index is 2.18. The number of hydrogen-bond donors (Lipinski definition) is 2. The number of nitriles is 2. The molecule has 0 amide bonds. The molecule has 0 saturated carbocycles. The van der Waals surface area contributed by atoms with Gasteiger partial charge in [0, 0.05) is 11.1 Å². The van der Waals surface area contributed by atoms with Crippen molar-refractivity contribution in [1.29, 1.82) is 10.5 Å². The Morgan fingerprint density at radius 3 is 2.75 bits per heavy atom. The smallest absolute Gasteiger partial charge is 0.309 e. The van der Waals surface area contributed by atoms with Crippen molar-refractivity contribution in [3.8, 4) is 12.1 Å². The lowest BCUT2D eigenvalue weighted by Crippen LogP contribution is -2.00. The molecule has 0 saturated heterocycles. The Hall–Kier alpha value is -2.90. The minimum atomic E-state index is -0.938. The van der Waals surface area contributed by atoms with Crippen LogP contribution in [-0.2, 0) is 11.2 Å². The summed E-state index contributed by atoms with van der Waals surface area (Å²) in [5.74, 6) is -0.938. The van der Waals surface area contributed by atoms with Crippen LogP contribution in [0, 0.1) is 22.7 Å². The van der Waals surface area contributed by atoms with Crippen molar-refractivity contribution in [1.82, 2.24) is 4.98 Å². The first-order valence-electron chi connectivity index (χ1n) is 5.50. The van der Waals surface area contributed by atoms with Crippen molar-refractivity contribution in [3.63, 3.8) is 0 Å². The Morgan fingerprint density at radius 1 is 1.35 bits per heavy atom. The summed E-state index contributed by atoms with van der Waals surface area (Å²) in [6.45, 7) is 0. The van der Waals surface area contributed by atoms with Crippen LogP contribution < -0.4 is 5.32 Å². The highest BCUT2D eigenvalue weighted by Crippen LogP contribution is 2.23. The molecule has 0 unspecified atom stereocenters. The summed E-state index contributed by atoms with van der Waals surface area (Å²) in [4.78, 5) is 14.7. The second-order valence-corrected chi connectivity index (χ2v) is 4.68. The summed E-state index contributed by atoms with van der Waals surface area (Å²) in [6, 6.07) is 8.65. The highest BCUT2D eigenvalue weighted by molar-refractivity contribution is 7.13. The molecule has 2 aromatic rings. The van der Waals surface area contributed by atoms with Crippen LogP contribution in [0.2, 0.25) is 0 Å². The molecular weight excluding hydrogens is 276 g/mol. The van der Waals surface area contributed by atoms with E-state index in [0.717, 1.165) is 0 Å². The maximum atomic E-state index is 10.6. The number of carbonyl (C=O) groups is 1. The summed E-state index contributed by atoms with van der Waals surface area (Å²) in [6.07, 6.45) is -0.130. The summed E-state index contributed by atoms with van der Waals surface area (Å²) in [5.41, 5.74) is 1.68. The number of nitrogens with zero attached hydrogens (tertiary/aromatic N) is 3. The van der Waals surface area contributed by atoms with E-state index in [1.807, 2.05) is 12.1 Å². The maximum Gasteiger partial charge on any atom is 0.309 e. The third-order valence-corrected chi connectivity index (χ3v) is 3.20. The van der Waals surface area contributed by atoms with Gasteiger partial charge < -0.3 is 10.4 Å². The fourth-order valence-corrected chi connectivity index (χ4v) is 2.27. The Bertz CT molecular complexity index is 740. The fraction of sp³-hybridized carbons (Fsp3) is 0.0769. The van der Waals surface area contributed by atoms with E-state index >= 15 is 0 Å². The number of aromatic nitrogens is 1. The predicted molar refractivity (Wildman–Crippen MR) is 72.6 cm³/mol. The summed E-state index contributed by atoms with van der Waals surface area (Å²) >= 11 is 1.28.